The van der Waals surface area contributed by atoms with Crippen molar-refractivity contribution in [3.63, 3.8) is 0 Å². The average molecular weight is 425 g/mol. The van der Waals surface area contributed by atoms with E-state index in [2.05, 4.69) is 13.0 Å². The van der Waals surface area contributed by atoms with E-state index in [1.54, 1.807) is 17.8 Å². The summed E-state index contributed by atoms with van der Waals surface area (Å²) in [6.45, 7) is 7.29. The smallest absolute Gasteiger partial charge is 0.416 e. The second-order valence-electron chi connectivity index (χ2n) is 6.56. The van der Waals surface area contributed by atoms with Crippen molar-refractivity contribution in [2.45, 2.75) is 44.4 Å². The van der Waals surface area contributed by atoms with Crippen molar-refractivity contribution in [3.8, 4) is 5.75 Å². The number of thioether (sulfide) groups is 1. The van der Waals surface area contributed by atoms with Crippen LogP contribution in [-0.4, -0.2) is 25.1 Å². The van der Waals surface area contributed by atoms with Crippen molar-refractivity contribution in [2.75, 3.05) is 19.0 Å². The molecule has 2 nitrogen and oxygen atoms in total. The van der Waals surface area contributed by atoms with Gasteiger partial charge >= 0.3 is 6.18 Å². The van der Waals surface area contributed by atoms with Gasteiger partial charge in [-0.1, -0.05) is 31.2 Å². The van der Waals surface area contributed by atoms with E-state index in [0.29, 0.717) is 24.5 Å². The number of alkyl halides is 3. The van der Waals surface area contributed by atoms with Crippen molar-refractivity contribution in [2.24, 2.45) is 0 Å². The normalized spacial score (nSPS) is 13.0. The number of halogens is 3. The highest BCUT2D eigenvalue weighted by Gasteiger charge is 2.29. The molecule has 0 aliphatic carbocycles. The van der Waals surface area contributed by atoms with Gasteiger partial charge in [-0.2, -0.15) is 13.2 Å². The van der Waals surface area contributed by atoms with Crippen LogP contribution in [0.5, 0.6) is 5.75 Å². The fourth-order valence-electron chi connectivity index (χ4n) is 2.64. The Morgan fingerprint density at radius 1 is 1.07 bits per heavy atom. The van der Waals surface area contributed by atoms with Gasteiger partial charge in [0.15, 0.2) is 0 Å². The summed E-state index contributed by atoms with van der Waals surface area (Å²) in [7, 11) is 0. The SMILES string of the molecule is CCCOc1ccc(SCC(C=Cc2ccc(C(F)(F)F)cc2)OCC)cc1C. The maximum absolute atomic E-state index is 12.7. The van der Waals surface area contributed by atoms with Crippen LogP contribution in [0.15, 0.2) is 53.4 Å². The van der Waals surface area contributed by atoms with Gasteiger partial charge in [-0.3, -0.25) is 0 Å². The number of ether oxygens (including phenoxy) is 2. The molecule has 0 spiro atoms. The van der Waals surface area contributed by atoms with Gasteiger partial charge in [-0.15, -0.1) is 11.8 Å². The fraction of sp³-hybridized carbons (Fsp3) is 0.391. The van der Waals surface area contributed by atoms with Crippen LogP contribution in [0.2, 0.25) is 0 Å². The summed E-state index contributed by atoms with van der Waals surface area (Å²) in [5, 5.41) is 0. The molecule has 2 aromatic carbocycles. The molecule has 0 bridgehead atoms. The van der Waals surface area contributed by atoms with E-state index < -0.39 is 11.7 Å². The second kappa shape index (κ2) is 11.3. The van der Waals surface area contributed by atoms with E-state index in [1.165, 1.54) is 12.1 Å². The van der Waals surface area contributed by atoms with Gasteiger partial charge in [0, 0.05) is 17.3 Å². The quantitative estimate of drug-likeness (QED) is 0.382. The van der Waals surface area contributed by atoms with Gasteiger partial charge in [0.2, 0.25) is 0 Å². The molecule has 0 radical (unpaired) electrons. The van der Waals surface area contributed by atoms with Crippen LogP contribution < -0.4 is 4.74 Å². The number of hydrogen-bond donors (Lipinski definition) is 0. The van der Waals surface area contributed by atoms with Gasteiger partial charge in [0.1, 0.15) is 5.75 Å². The molecule has 0 fully saturated rings. The Morgan fingerprint density at radius 3 is 2.38 bits per heavy atom. The standard InChI is InChI=1S/C23H27F3O2S/c1-4-14-28-22-13-12-21(15-17(22)3)29-16-20(27-5-2)11-8-18-6-9-19(10-7-18)23(24,25)26/h6-13,15,20H,4-5,14,16H2,1-3H3. The molecule has 1 unspecified atom stereocenters. The number of hydrogen-bond acceptors (Lipinski definition) is 3. The number of aryl methyl sites for hydroxylation is 1. The molecule has 0 aliphatic heterocycles. The topological polar surface area (TPSA) is 18.5 Å². The molecular weight excluding hydrogens is 397 g/mol. The summed E-state index contributed by atoms with van der Waals surface area (Å²) >= 11 is 1.68. The van der Waals surface area contributed by atoms with Gasteiger partial charge in [0.25, 0.3) is 0 Å². The first-order valence-electron chi connectivity index (χ1n) is 9.66. The maximum Gasteiger partial charge on any atom is 0.416 e. The lowest BCUT2D eigenvalue weighted by Crippen LogP contribution is -2.12. The van der Waals surface area contributed by atoms with Crippen molar-refractivity contribution in [1.82, 2.24) is 0 Å². The van der Waals surface area contributed by atoms with Crippen LogP contribution in [0.1, 0.15) is 37.0 Å². The summed E-state index contributed by atoms with van der Waals surface area (Å²) in [5.74, 6) is 1.61. The van der Waals surface area contributed by atoms with Gasteiger partial charge in [0.05, 0.1) is 18.3 Å². The van der Waals surface area contributed by atoms with E-state index in [4.69, 9.17) is 9.47 Å². The second-order valence-corrected chi connectivity index (χ2v) is 7.65. The molecule has 0 saturated heterocycles. The monoisotopic (exact) mass is 424 g/mol. The predicted molar refractivity (Wildman–Crippen MR) is 114 cm³/mol. The fourth-order valence-corrected chi connectivity index (χ4v) is 3.63. The molecule has 0 amide bonds. The maximum atomic E-state index is 12.7. The van der Waals surface area contributed by atoms with E-state index in [1.807, 2.05) is 32.1 Å². The lowest BCUT2D eigenvalue weighted by molar-refractivity contribution is -0.137. The van der Waals surface area contributed by atoms with E-state index >= 15 is 0 Å². The summed E-state index contributed by atoms with van der Waals surface area (Å²) in [4.78, 5) is 1.12. The van der Waals surface area contributed by atoms with Crippen LogP contribution in [0.4, 0.5) is 13.2 Å². The lowest BCUT2D eigenvalue weighted by atomic mass is 10.1. The Bertz CT molecular complexity index is 786. The minimum Gasteiger partial charge on any atom is -0.493 e. The molecule has 6 heteroatoms. The van der Waals surface area contributed by atoms with Gasteiger partial charge in [-0.05, 0) is 61.7 Å². The summed E-state index contributed by atoms with van der Waals surface area (Å²) in [5.41, 5.74) is 1.16. The Morgan fingerprint density at radius 2 is 1.79 bits per heavy atom. The third kappa shape index (κ3) is 7.78. The lowest BCUT2D eigenvalue weighted by Gasteiger charge is -2.14. The van der Waals surface area contributed by atoms with Crippen LogP contribution in [0.25, 0.3) is 6.08 Å². The van der Waals surface area contributed by atoms with E-state index in [9.17, 15) is 13.2 Å². The molecule has 0 saturated carbocycles. The molecule has 2 aromatic rings. The highest BCUT2D eigenvalue weighted by molar-refractivity contribution is 7.99. The van der Waals surface area contributed by atoms with Crippen molar-refractivity contribution in [3.05, 3.63) is 65.2 Å². The third-order valence-electron chi connectivity index (χ3n) is 4.14. The summed E-state index contributed by atoms with van der Waals surface area (Å²) < 4.78 is 49.4. The first-order chi connectivity index (χ1) is 13.8. The summed E-state index contributed by atoms with van der Waals surface area (Å²) in [6.07, 6.45) is 0.210. The first-order valence-corrected chi connectivity index (χ1v) is 10.6. The zero-order valence-electron chi connectivity index (χ0n) is 17.0. The third-order valence-corrected chi connectivity index (χ3v) is 5.23. The molecule has 29 heavy (non-hydrogen) atoms. The predicted octanol–water partition coefficient (Wildman–Crippen LogP) is 7.01. The van der Waals surface area contributed by atoms with Gasteiger partial charge < -0.3 is 9.47 Å². The van der Waals surface area contributed by atoms with Crippen molar-refractivity contribution < 1.29 is 22.6 Å². The van der Waals surface area contributed by atoms with Crippen LogP contribution in [0, 0.1) is 6.92 Å². The Kier molecular flexibility index (Phi) is 9.11. The van der Waals surface area contributed by atoms with Crippen LogP contribution >= 0.6 is 11.8 Å². The van der Waals surface area contributed by atoms with Gasteiger partial charge in [-0.25, -0.2) is 0 Å². The zero-order chi connectivity index (χ0) is 21.3. The molecule has 0 aliphatic rings. The van der Waals surface area contributed by atoms with Crippen LogP contribution in [0.3, 0.4) is 0 Å². The molecule has 0 heterocycles. The van der Waals surface area contributed by atoms with Crippen LogP contribution in [-0.2, 0) is 10.9 Å². The number of rotatable bonds is 10. The highest BCUT2D eigenvalue weighted by atomic mass is 32.2. The molecule has 0 aromatic heterocycles. The highest BCUT2D eigenvalue weighted by Crippen LogP contribution is 2.29. The summed E-state index contributed by atoms with van der Waals surface area (Å²) in [6, 6.07) is 11.2. The minimum atomic E-state index is -4.32. The van der Waals surface area contributed by atoms with Crippen molar-refractivity contribution in [1.29, 1.82) is 0 Å². The Hall–Kier alpha value is -1.92. The molecule has 158 valence electrons. The largest absolute Gasteiger partial charge is 0.493 e. The first kappa shape index (κ1) is 23.4. The van der Waals surface area contributed by atoms with Crippen molar-refractivity contribution >= 4 is 17.8 Å². The Balaban J connectivity index is 1.97. The minimum absolute atomic E-state index is 0.136. The Labute approximate surface area is 175 Å². The molecule has 0 N–H and O–H groups in total. The molecular formula is C23H27F3O2S. The number of benzene rings is 2. The van der Waals surface area contributed by atoms with E-state index in [-0.39, 0.29) is 6.10 Å². The molecule has 2 rings (SSSR count). The average Bonchev–Trinajstić information content (AvgIpc) is 2.69. The molecule has 1 atom stereocenters. The van der Waals surface area contributed by atoms with E-state index in [0.717, 1.165) is 34.8 Å². The zero-order valence-corrected chi connectivity index (χ0v) is 17.8.